The number of aromatic nitrogens is 2. The molecule has 1 aromatic rings. The summed E-state index contributed by atoms with van der Waals surface area (Å²) in [7, 11) is -3.09. The fraction of sp³-hybridized carbons (Fsp3) is 0.500. The molecular formula is C8H14N4O3S. The van der Waals surface area contributed by atoms with E-state index in [0.29, 0.717) is 5.69 Å². The van der Waals surface area contributed by atoms with Gasteiger partial charge in [0.2, 0.25) is 5.91 Å². The summed E-state index contributed by atoms with van der Waals surface area (Å²) in [6.07, 6.45) is 4.14. The molecule has 0 aliphatic rings. The molecule has 0 aliphatic carbocycles. The molecule has 0 spiro atoms. The van der Waals surface area contributed by atoms with Crippen LogP contribution in [0.1, 0.15) is 6.42 Å². The van der Waals surface area contributed by atoms with E-state index in [-0.39, 0.29) is 12.2 Å². The summed E-state index contributed by atoms with van der Waals surface area (Å²) in [4.78, 5) is 11.5. The molecule has 0 bridgehead atoms. The third kappa shape index (κ3) is 4.41. The molecule has 0 saturated carbocycles. The van der Waals surface area contributed by atoms with Gasteiger partial charge in [-0.1, -0.05) is 0 Å². The van der Waals surface area contributed by atoms with E-state index in [0.717, 1.165) is 6.26 Å². The van der Waals surface area contributed by atoms with Crippen molar-refractivity contribution in [2.24, 2.45) is 5.73 Å². The van der Waals surface area contributed by atoms with Crippen molar-refractivity contribution in [1.82, 2.24) is 10.2 Å². The summed E-state index contributed by atoms with van der Waals surface area (Å²) < 4.78 is 21.7. The average Bonchev–Trinajstić information content (AvgIpc) is 2.65. The number of nitrogens with zero attached hydrogens (tertiary/aromatic N) is 1. The SMILES string of the molecule is CS(=O)(=O)CC[C@H](N)C(=O)Nc1cn[nH]c1. The van der Waals surface area contributed by atoms with E-state index < -0.39 is 21.8 Å². The van der Waals surface area contributed by atoms with E-state index in [9.17, 15) is 13.2 Å². The minimum Gasteiger partial charge on any atom is -0.322 e. The van der Waals surface area contributed by atoms with Gasteiger partial charge >= 0.3 is 0 Å². The molecular weight excluding hydrogens is 232 g/mol. The van der Waals surface area contributed by atoms with Crippen LogP contribution in [-0.4, -0.2) is 42.6 Å². The van der Waals surface area contributed by atoms with Gasteiger partial charge in [-0.15, -0.1) is 0 Å². The Morgan fingerprint density at radius 1 is 1.69 bits per heavy atom. The minimum atomic E-state index is -3.09. The highest BCUT2D eigenvalue weighted by atomic mass is 32.2. The third-order valence-corrected chi connectivity index (χ3v) is 2.88. The Morgan fingerprint density at radius 2 is 2.38 bits per heavy atom. The number of anilines is 1. The Hall–Kier alpha value is -1.41. The van der Waals surface area contributed by atoms with Gasteiger partial charge in [-0.2, -0.15) is 5.10 Å². The normalized spacial score (nSPS) is 13.4. The van der Waals surface area contributed by atoms with Gasteiger partial charge in [-0.25, -0.2) is 8.42 Å². The first kappa shape index (κ1) is 12.7. The maximum absolute atomic E-state index is 11.5. The van der Waals surface area contributed by atoms with Crippen LogP contribution in [0, 0.1) is 0 Å². The molecule has 0 aliphatic heterocycles. The van der Waals surface area contributed by atoms with Crippen LogP contribution in [0.25, 0.3) is 0 Å². The predicted octanol–water partition coefficient (Wildman–Crippen LogP) is -0.890. The molecule has 0 fully saturated rings. The van der Waals surface area contributed by atoms with Gasteiger partial charge in [-0.05, 0) is 6.42 Å². The molecule has 1 aromatic heterocycles. The number of nitrogens with two attached hydrogens (primary N) is 1. The lowest BCUT2D eigenvalue weighted by Crippen LogP contribution is -2.37. The zero-order chi connectivity index (χ0) is 12.2. The van der Waals surface area contributed by atoms with Crippen LogP contribution in [0.2, 0.25) is 0 Å². The van der Waals surface area contributed by atoms with Crippen molar-refractivity contribution in [3.8, 4) is 0 Å². The monoisotopic (exact) mass is 246 g/mol. The van der Waals surface area contributed by atoms with Crippen LogP contribution in [-0.2, 0) is 14.6 Å². The molecule has 1 atom stereocenters. The van der Waals surface area contributed by atoms with Gasteiger partial charge in [0.15, 0.2) is 0 Å². The first-order chi connectivity index (χ1) is 7.38. The summed E-state index contributed by atoms with van der Waals surface area (Å²) in [5.74, 6) is -0.530. The number of nitrogens with one attached hydrogen (secondary N) is 2. The Kier molecular flexibility index (Phi) is 4.02. The molecule has 0 radical (unpaired) electrons. The second-order valence-corrected chi connectivity index (χ2v) is 5.76. The number of rotatable bonds is 5. The second-order valence-electron chi connectivity index (χ2n) is 3.50. The largest absolute Gasteiger partial charge is 0.322 e. The van der Waals surface area contributed by atoms with Crippen LogP contribution >= 0.6 is 0 Å². The maximum Gasteiger partial charge on any atom is 0.241 e. The predicted molar refractivity (Wildman–Crippen MR) is 59.5 cm³/mol. The van der Waals surface area contributed by atoms with Gasteiger partial charge < -0.3 is 11.1 Å². The number of amides is 1. The summed E-state index contributed by atoms with van der Waals surface area (Å²) in [6.45, 7) is 0. The van der Waals surface area contributed by atoms with Crippen molar-refractivity contribution in [1.29, 1.82) is 0 Å². The van der Waals surface area contributed by atoms with Crippen molar-refractivity contribution in [3.05, 3.63) is 12.4 Å². The molecule has 16 heavy (non-hydrogen) atoms. The molecule has 0 aromatic carbocycles. The quantitative estimate of drug-likeness (QED) is 0.623. The number of aromatic amines is 1. The summed E-state index contributed by atoms with van der Waals surface area (Å²) in [5, 5.41) is 8.68. The lowest BCUT2D eigenvalue weighted by atomic mass is 10.2. The average molecular weight is 246 g/mol. The molecule has 1 heterocycles. The first-order valence-corrected chi connectivity index (χ1v) is 6.67. The standard InChI is InChI=1S/C8H14N4O3S/c1-16(14,15)3-2-7(9)8(13)12-6-4-10-11-5-6/h4-5,7H,2-3,9H2,1H3,(H,10,11)(H,12,13)/t7-/m0/s1. The summed E-state index contributed by atoms with van der Waals surface area (Å²) >= 11 is 0. The molecule has 8 heteroatoms. The maximum atomic E-state index is 11.5. The summed E-state index contributed by atoms with van der Waals surface area (Å²) in [6, 6.07) is -0.843. The lowest BCUT2D eigenvalue weighted by Gasteiger charge is -2.09. The van der Waals surface area contributed by atoms with Crippen LogP contribution in [0.15, 0.2) is 12.4 Å². The molecule has 1 rings (SSSR count). The van der Waals surface area contributed by atoms with E-state index >= 15 is 0 Å². The van der Waals surface area contributed by atoms with Gasteiger partial charge in [-0.3, -0.25) is 9.89 Å². The van der Waals surface area contributed by atoms with Crippen molar-refractivity contribution < 1.29 is 13.2 Å². The van der Waals surface area contributed by atoms with E-state index in [1.807, 2.05) is 0 Å². The number of hydrogen-bond donors (Lipinski definition) is 3. The van der Waals surface area contributed by atoms with Crippen LogP contribution in [0.4, 0.5) is 5.69 Å². The molecule has 90 valence electrons. The van der Waals surface area contributed by atoms with Gasteiger partial charge in [0.25, 0.3) is 0 Å². The fourth-order valence-electron chi connectivity index (χ4n) is 1.03. The fourth-order valence-corrected chi connectivity index (χ4v) is 1.71. The lowest BCUT2D eigenvalue weighted by molar-refractivity contribution is -0.117. The topological polar surface area (TPSA) is 118 Å². The molecule has 0 unspecified atom stereocenters. The first-order valence-electron chi connectivity index (χ1n) is 4.61. The summed E-state index contributed by atoms with van der Waals surface area (Å²) in [5.41, 5.74) is 6.03. The van der Waals surface area contributed by atoms with Crippen LogP contribution < -0.4 is 11.1 Å². The third-order valence-electron chi connectivity index (χ3n) is 1.90. The number of carbonyl (C=O) groups excluding carboxylic acids is 1. The Bertz CT molecular complexity index is 440. The van der Waals surface area contributed by atoms with E-state index in [2.05, 4.69) is 15.5 Å². The highest BCUT2D eigenvalue weighted by molar-refractivity contribution is 7.90. The van der Waals surface area contributed by atoms with Crippen molar-refractivity contribution in [2.75, 3.05) is 17.3 Å². The molecule has 4 N–H and O–H groups in total. The van der Waals surface area contributed by atoms with Crippen molar-refractivity contribution in [3.63, 3.8) is 0 Å². The highest BCUT2D eigenvalue weighted by Gasteiger charge is 2.16. The Balaban J connectivity index is 2.42. The van der Waals surface area contributed by atoms with Crippen molar-refractivity contribution in [2.45, 2.75) is 12.5 Å². The van der Waals surface area contributed by atoms with Gasteiger partial charge in [0, 0.05) is 12.5 Å². The van der Waals surface area contributed by atoms with Crippen molar-refractivity contribution >= 4 is 21.4 Å². The van der Waals surface area contributed by atoms with E-state index in [1.54, 1.807) is 0 Å². The van der Waals surface area contributed by atoms with E-state index in [1.165, 1.54) is 12.4 Å². The zero-order valence-electron chi connectivity index (χ0n) is 8.80. The number of carbonyl (C=O) groups is 1. The van der Waals surface area contributed by atoms with Crippen LogP contribution in [0.3, 0.4) is 0 Å². The Morgan fingerprint density at radius 3 is 2.88 bits per heavy atom. The molecule has 7 nitrogen and oxygen atoms in total. The molecule has 0 saturated heterocycles. The minimum absolute atomic E-state index is 0.0997. The smallest absolute Gasteiger partial charge is 0.241 e. The second kappa shape index (κ2) is 5.08. The highest BCUT2D eigenvalue weighted by Crippen LogP contribution is 2.03. The van der Waals surface area contributed by atoms with Gasteiger partial charge in [0.05, 0.1) is 23.7 Å². The Labute approximate surface area is 93.3 Å². The zero-order valence-corrected chi connectivity index (χ0v) is 9.62. The van der Waals surface area contributed by atoms with Gasteiger partial charge in [0.1, 0.15) is 9.84 Å². The van der Waals surface area contributed by atoms with Crippen LogP contribution in [0.5, 0.6) is 0 Å². The molecule has 1 amide bonds. The number of H-pyrrole nitrogens is 1. The van der Waals surface area contributed by atoms with E-state index in [4.69, 9.17) is 5.73 Å². The number of hydrogen-bond acceptors (Lipinski definition) is 5. The number of sulfone groups is 1.